The van der Waals surface area contributed by atoms with Crippen molar-refractivity contribution in [1.82, 2.24) is 0 Å². The van der Waals surface area contributed by atoms with Gasteiger partial charge in [0.1, 0.15) is 5.82 Å². The van der Waals surface area contributed by atoms with Crippen LogP contribution in [-0.2, 0) is 6.42 Å². The minimum absolute atomic E-state index is 0.140. The summed E-state index contributed by atoms with van der Waals surface area (Å²) >= 11 is 0. The molecule has 3 aromatic carbocycles. The second-order valence-corrected chi connectivity index (χ2v) is 8.64. The van der Waals surface area contributed by atoms with Crippen molar-refractivity contribution in [2.24, 2.45) is 11.8 Å². The molecule has 150 valence electrons. The standard InChI is InChI=1S/C28H31F/c1-3-20-5-7-22(8-6-20)9-10-23-11-14-24(15-12-23)26-18-16-25-19-21(4-2)13-17-27(25)28(26)29/h4,11-20,22H,2-3,5-10H2,1H3. The van der Waals surface area contributed by atoms with E-state index in [1.54, 1.807) is 6.08 Å². The van der Waals surface area contributed by atoms with Crippen LogP contribution in [0.5, 0.6) is 0 Å². The van der Waals surface area contributed by atoms with E-state index in [0.717, 1.165) is 34.8 Å². The van der Waals surface area contributed by atoms with Crippen LogP contribution in [0.25, 0.3) is 28.0 Å². The van der Waals surface area contributed by atoms with Crippen LogP contribution < -0.4 is 0 Å². The van der Waals surface area contributed by atoms with E-state index in [2.05, 4.69) is 37.8 Å². The zero-order valence-electron chi connectivity index (χ0n) is 17.5. The molecule has 3 aromatic rings. The third-order valence-electron chi connectivity index (χ3n) is 6.86. The minimum atomic E-state index is -0.140. The van der Waals surface area contributed by atoms with Gasteiger partial charge in [-0.15, -0.1) is 0 Å². The van der Waals surface area contributed by atoms with Crippen LogP contribution in [0, 0.1) is 17.7 Å². The van der Waals surface area contributed by atoms with Gasteiger partial charge in [0.2, 0.25) is 0 Å². The monoisotopic (exact) mass is 386 g/mol. The molecule has 0 bridgehead atoms. The number of hydrogen-bond donors (Lipinski definition) is 0. The number of aryl methyl sites for hydroxylation is 1. The van der Waals surface area contributed by atoms with Gasteiger partial charge < -0.3 is 0 Å². The Morgan fingerprint density at radius 1 is 0.931 bits per heavy atom. The van der Waals surface area contributed by atoms with Crippen LogP contribution in [0.4, 0.5) is 4.39 Å². The first-order chi connectivity index (χ1) is 14.2. The Kier molecular flexibility index (Phi) is 6.13. The summed E-state index contributed by atoms with van der Waals surface area (Å²) in [6, 6.07) is 18.2. The highest BCUT2D eigenvalue weighted by atomic mass is 19.1. The first-order valence-electron chi connectivity index (χ1n) is 11.1. The molecule has 0 nitrogen and oxygen atoms in total. The smallest absolute Gasteiger partial charge is 0.138 e. The number of rotatable bonds is 6. The molecule has 0 unspecified atom stereocenters. The fourth-order valence-electron chi connectivity index (χ4n) is 4.81. The maximum atomic E-state index is 15.1. The van der Waals surface area contributed by atoms with E-state index in [1.165, 1.54) is 44.1 Å². The quantitative estimate of drug-likeness (QED) is 0.399. The van der Waals surface area contributed by atoms with Gasteiger partial charge in [0, 0.05) is 10.9 Å². The second-order valence-electron chi connectivity index (χ2n) is 8.64. The first kappa shape index (κ1) is 19.9. The van der Waals surface area contributed by atoms with Crippen molar-refractivity contribution in [2.75, 3.05) is 0 Å². The van der Waals surface area contributed by atoms with Gasteiger partial charge in [-0.2, -0.15) is 0 Å². The molecular formula is C28H31F. The van der Waals surface area contributed by atoms with Gasteiger partial charge in [-0.05, 0) is 52.8 Å². The lowest BCUT2D eigenvalue weighted by Gasteiger charge is -2.27. The van der Waals surface area contributed by atoms with E-state index in [1.807, 2.05) is 30.3 Å². The largest absolute Gasteiger partial charge is 0.206 e. The molecule has 1 saturated carbocycles. The maximum Gasteiger partial charge on any atom is 0.138 e. The third kappa shape index (κ3) is 4.45. The average Bonchev–Trinajstić information content (AvgIpc) is 2.78. The maximum absolute atomic E-state index is 15.1. The van der Waals surface area contributed by atoms with Gasteiger partial charge in [0.25, 0.3) is 0 Å². The highest BCUT2D eigenvalue weighted by Crippen LogP contribution is 2.34. The number of halogens is 1. The lowest BCUT2D eigenvalue weighted by atomic mass is 9.78. The van der Waals surface area contributed by atoms with Gasteiger partial charge in [-0.3, -0.25) is 0 Å². The van der Waals surface area contributed by atoms with E-state index in [-0.39, 0.29) is 5.82 Å². The molecule has 0 radical (unpaired) electrons. The molecule has 0 atom stereocenters. The Labute approximate surface area is 174 Å². The van der Waals surface area contributed by atoms with Crippen LogP contribution in [-0.4, -0.2) is 0 Å². The molecule has 0 N–H and O–H groups in total. The van der Waals surface area contributed by atoms with Crippen LogP contribution in [0.15, 0.2) is 61.2 Å². The Balaban J connectivity index is 1.45. The van der Waals surface area contributed by atoms with Crippen molar-refractivity contribution >= 4 is 16.8 Å². The van der Waals surface area contributed by atoms with Gasteiger partial charge in [-0.1, -0.05) is 100 Å². The van der Waals surface area contributed by atoms with E-state index in [9.17, 15) is 0 Å². The fourth-order valence-corrected chi connectivity index (χ4v) is 4.81. The van der Waals surface area contributed by atoms with Crippen molar-refractivity contribution in [2.45, 2.75) is 51.9 Å². The normalized spacial score (nSPS) is 19.4. The number of benzene rings is 3. The van der Waals surface area contributed by atoms with Gasteiger partial charge in [-0.25, -0.2) is 4.39 Å². The summed E-state index contributed by atoms with van der Waals surface area (Å²) in [5.74, 6) is 1.71. The number of fused-ring (bicyclic) bond motifs is 1. The zero-order valence-corrected chi connectivity index (χ0v) is 17.5. The molecule has 0 amide bonds. The highest BCUT2D eigenvalue weighted by Gasteiger charge is 2.19. The fraction of sp³-hybridized carbons (Fsp3) is 0.357. The summed E-state index contributed by atoms with van der Waals surface area (Å²) in [4.78, 5) is 0. The van der Waals surface area contributed by atoms with Crippen molar-refractivity contribution in [3.8, 4) is 11.1 Å². The Hall–Kier alpha value is -2.41. The number of hydrogen-bond acceptors (Lipinski definition) is 0. The van der Waals surface area contributed by atoms with Crippen molar-refractivity contribution in [3.63, 3.8) is 0 Å². The molecule has 0 spiro atoms. The summed E-state index contributed by atoms with van der Waals surface area (Å²) in [7, 11) is 0. The average molecular weight is 387 g/mol. The molecule has 1 aliphatic rings. The van der Waals surface area contributed by atoms with Gasteiger partial charge in [0.15, 0.2) is 0 Å². The van der Waals surface area contributed by atoms with Crippen LogP contribution in [0.3, 0.4) is 0 Å². The van der Waals surface area contributed by atoms with Crippen LogP contribution >= 0.6 is 0 Å². The summed E-state index contributed by atoms with van der Waals surface area (Å²) in [6.07, 6.45) is 11.2. The molecule has 1 aliphatic carbocycles. The topological polar surface area (TPSA) is 0 Å². The van der Waals surface area contributed by atoms with Crippen molar-refractivity contribution in [1.29, 1.82) is 0 Å². The summed E-state index contributed by atoms with van der Waals surface area (Å²) in [6.45, 7) is 6.11. The minimum Gasteiger partial charge on any atom is -0.206 e. The van der Waals surface area contributed by atoms with Crippen molar-refractivity contribution in [3.05, 3.63) is 78.1 Å². The molecule has 29 heavy (non-hydrogen) atoms. The second kappa shape index (κ2) is 8.95. The van der Waals surface area contributed by atoms with Gasteiger partial charge >= 0.3 is 0 Å². The molecule has 0 saturated heterocycles. The van der Waals surface area contributed by atoms with Gasteiger partial charge in [0.05, 0.1) is 0 Å². The molecule has 4 rings (SSSR count). The first-order valence-corrected chi connectivity index (χ1v) is 11.1. The molecule has 1 fully saturated rings. The molecular weight excluding hydrogens is 355 g/mol. The zero-order chi connectivity index (χ0) is 20.2. The van der Waals surface area contributed by atoms with Crippen LogP contribution in [0.2, 0.25) is 0 Å². The lowest BCUT2D eigenvalue weighted by molar-refractivity contribution is 0.259. The molecule has 0 heterocycles. The predicted octanol–water partition coefficient (Wildman–Crippen LogP) is 8.44. The summed E-state index contributed by atoms with van der Waals surface area (Å²) in [5, 5.41) is 1.58. The summed E-state index contributed by atoms with van der Waals surface area (Å²) in [5.41, 5.74) is 4.00. The molecule has 0 aromatic heterocycles. The van der Waals surface area contributed by atoms with Crippen LogP contribution in [0.1, 0.15) is 56.6 Å². The van der Waals surface area contributed by atoms with Crippen molar-refractivity contribution < 1.29 is 4.39 Å². The predicted molar refractivity (Wildman–Crippen MR) is 123 cm³/mol. The Morgan fingerprint density at radius 3 is 2.34 bits per heavy atom. The Morgan fingerprint density at radius 2 is 1.66 bits per heavy atom. The van der Waals surface area contributed by atoms with E-state index in [4.69, 9.17) is 0 Å². The third-order valence-corrected chi connectivity index (χ3v) is 6.86. The molecule has 1 heteroatoms. The lowest BCUT2D eigenvalue weighted by Crippen LogP contribution is -2.14. The van der Waals surface area contributed by atoms with E-state index in [0.29, 0.717) is 10.9 Å². The van der Waals surface area contributed by atoms with E-state index < -0.39 is 0 Å². The Bertz CT molecular complexity index is 975. The summed E-state index contributed by atoms with van der Waals surface area (Å²) < 4.78 is 15.1. The molecule has 0 aliphatic heterocycles. The SMILES string of the molecule is C=Cc1ccc2c(F)c(-c3ccc(CCC4CCC(CC)CC4)cc3)ccc2c1. The highest BCUT2D eigenvalue weighted by molar-refractivity contribution is 5.89. The van der Waals surface area contributed by atoms with E-state index >= 15 is 4.39 Å².